The third kappa shape index (κ3) is 1.97. The molecule has 2 nitrogen and oxygen atoms in total. The molecule has 0 saturated heterocycles. The van der Waals surface area contributed by atoms with Gasteiger partial charge < -0.3 is 5.11 Å². The van der Waals surface area contributed by atoms with Crippen LogP contribution in [0.2, 0.25) is 15.3 Å². The Bertz CT molecular complexity index is 277. The molecule has 0 spiro atoms. The second-order valence-corrected chi connectivity index (χ2v) is 2.99. The molecule has 1 N–H and O–H groups in total. The van der Waals surface area contributed by atoms with Crippen molar-refractivity contribution < 1.29 is 5.11 Å². The minimum Gasteiger partial charge on any atom is -0.392 e. The highest BCUT2D eigenvalue weighted by Crippen LogP contribution is 2.26. The van der Waals surface area contributed by atoms with Crippen molar-refractivity contribution in [3.05, 3.63) is 27.0 Å². The molecule has 0 unspecified atom stereocenters. The predicted molar refractivity (Wildman–Crippen MR) is 45.2 cm³/mol. The number of pyridine rings is 1. The lowest BCUT2D eigenvalue weighted by Gasteiger charge is -2.01. The Balaban J connectivity index is 3.24. The molecule has 0 aromatic carbocycles. The maximum absolute atomic E-state index is 8.74. The van der Waals surface area contributed by atoms with E-state index in [4.69, 9.17) is 39.9 Å². The van der Waals surface area contributed by atoms with Gasteiger partial charge in [0.2, 0.25) is 0 Å². The van der Waals surface area contributed by atoms with E-state index in [0.29, 0.717) is 5.56 Å². The molecule has 60 valence electrons. The maximum Gasteiger partial charge on any atom is 0.149 e. The van der Waals surface area contributed by atoms with Gasteiger partial charge in [-0.1, -0.05) is 34.8 Å². The van der Waals surface area contributed by atoms with E-state index in [1.54, 1.807) is 0 Å². The number of hydrogen-bond donors (Lipinski definition) is 1. The molecule has 0 radical (unpaired) electrons. The van der Waals surface area contributed by atoms with E-state index in [1.807, 2.05) is 0 Å². The Morgan fingerprint density at radius 3 is 2.55 bits per heavy atom. The van der Waals surface area contributed by atoms with Crippen LogP contribution in [0.15, 0.2) is 6.07 Å². The normalized spacial score (nSPS) is 10.2. The summed E-state index contributed by atoms with van der Waals surface area (Å²) < 4.78 is 0. The third-order valence-electron chi connectivity index (χ3n) is 1.13. The van der Waals surface area contributed by atoms with Gasteiger partial charge >= 0.3 is 0 Å². The van der Waals surface area contributed by atoms with Gasteiger partial charge in [0.25, 0.3) is 0 Å². The molecule has 11 heavy (non-hydrogen) atoms. The summed E-state index contributed by atoms with van der Waals surface area (Å²) in [6.45, 7) is -0.194. The summed E-state index contributed by atoms with van der Waals surface area (Å²) in [5.41, 5.74) is 0.483. The van der Waals surface area contributed by atoms with E-state index in [0.717, 1.165) is 0 Å². The average Bonchev–Trinajstić information content (AvgIpc) is 1.96. The molecular formula is C6H4Cl3NO. The molecule has 1 aromatic heterocycles. The van der Waals surface area contributed by atoms with Crippen LogP contribution >= 0.6 is 34.8 Å². The van der Waals surface area contributed by atoms with Gasteiger partial charge in [-0.25, -0.2) is 4.98 Å². The highest BCUT2D eigenvalue weighted by Gasteiger charge is 2.06. The smallest absolute Gasteiger partial charge is 0.149 e. The Hall–Kier alpha value is -0.0200. The van der Waals surface area contributed by atoms with Crippen LogP contribution in [-0.2, 0) is 6.61 Å². The molecule has 5 heteroatoms. The Morgan fingerprint density at radius 2 is 2.00 bits per heavy atom. The molecule has 0 aliphatic carbocycles. The molecule has 0 atom stereocenters. The first kappa shape index (κ1) is 9.07. The quantitative estimate of drug-likeness (QED) is 0.726. The molecule has 1 heterocycles. The Labute approximate surface area is 78.7 Å². The van der Waals surface area contributed by atoms with Crippen LogP contribution in [0.5, 0.6) is 0 Å². The maximum atomic E-state index is 8.74. The highest BCUT2D eigenvalue weighted by molar-refractivity contribution is 6.42. The number of aromatic nitrogens is 1. The molecule has 0 saturated carbocycles. The van der Waals surface area contributed by atoms with E-state index >= 15 is 0 Å². The highest BCUT2D eigenvalue weighted by atomic mass is 35.5. The minimum atomic E-state index is -0.194. The Kier molecular flexibility index (Phi) is 2.96. The number of halogens is 3. The minimum absolute atomic E-state index is 0.114. The van der Waals surface area contributed by atoms with Crippen LogP contribution in [0, 0.1) is 0 Å². The Morgan fingerprint density at radius 1 is 1.36 bits per heavy atom. The first-order valence-electron chi connectivity index (χ1n) is 2.76. The van der Waals surface area contributed by atoms with Crippen molar-refractivity contribution >= 4 is 34.8 Å². The summed E-state index contributed by atoms with van der Waals surface area (Å²) in [6, 6.07) is 1.47. The summed E-state index contributed by atoms with van der Waals surface area (Å²) in [4.78, 5) is 3.67. The molecule has 0 fully saturated rings. The third-order valence-corrected chi connectivity index (χ3v) is 2.12. The van der Waals surface area contributed by atoms with Crippen molar-refractivity contribution in [2.75, 3.05) is 0 Å². The zero-order valence-electron chi connectivity index (χ0n) is 5.31. The molecular weight excluding hydrogens is 208 g/mol. The van der Waals surface area contributed by atoms with Gasteiger partial charge in [0, 0.05) is 5.56 Å². The zero-order chi connectivity index (χ0) is 8.43. The fraction of sp³-hybridized carbons (Fsp3) is 0.167. The van der Waals surface area contributed by atoms with Crippen molar-refractivity contribution in [2.45, 2.75) is 6.61 Å². The van der Waals surface area contributed by atoms with Crippen molar-refractivity contribution in [1.29, 1.82) is 0 Å². The second kappa shape index (κ2) is 3.59. The van der Waals surface area contributed by atoms with Crippen LogP contribution < -0.4 is 0 Å². The first-order valence-corrected chi connectivity index (χ1v) is 3.90. The van der Waals surface area contributed by atoms with E-state index in [2.05, 4.69) is 4.98 Å². The summed E-state index contributed by atoms with van der Waals surface area (Å²) in [5.74, 6) is 0. The van der Waals surface area contributed by atoms with E-state index in [9.17, 15) is 0 Å². The monoisotopic (exact) mass is 211 g/mol. The topological polar surface area (TPSA) is 33.1 Å². The van der Waals surface area contributed by atoms with Gasteiger partial charge in [-0.15, -0.1) is 0 Å². The fourth-order valence-electron chi connectivity index (χ4n) is 0.630. The van der Waals surface area contributed by atoms with E-state index in [1.165, 1.54) is 6.07 Å². The van der Waals surface area contributed by atoms with Crippen LogP contribution in [-0.4, -0.2) is 10.1 Å². The van der Waals surface area contributed by atoms with Crippen LogP contribution in [0.25, 0.3) is 0 Å². The van der Waals surface area contributed by atoms with Gasteiger partial charge in [-0.3, -0.25) is 0 Å². The summed E-state index contributed by atoms with van der Waals surface area (Å²) >= 11 is 16.7. The molecule has 0 bridgehead atoms. The van der Waals surface area contributed by atoms with Crippen LogP contribution in [0.3, 0.4) is 0 Å². The standard InChI is InChI=1S/C6H4Cl3NO/c7-4-1-3(2-11)5(8)6(9)10-4/h1,11H,2H2. The molecule has 1 aromatic rings. The number of aliphatic hydroxyl groups excluding tert-OH is 1. The second-order valence-electron chi connectivity index (χ2n) is 1.87. The SMILES string of the molecule is OCc1cc(Cl)nc(Cl)c1Cl. The van der Waals surface area contributed by atoms with Gasteiger partial charge in [-0.2, -0.15) is 0 Å². The van der Waals surface area contributed by atoms with Gasteiger partial charge in [0.15, 0.2) is 0 Å². The van der Waals surface area contributed by atoms with E-state index in [-0.39, 0.29) is 21.9 Å². The van der Waals surface area contributed by atoms with Crippen molar-refractivity contribution in [2.24, 2.45) is 0 Å². The first-order chi connectivity index (χ1) is 5.15. The van der Waals surface area contributed by atoms with Crippen LogP contribution in [0.4, 0.5) is 0 Å². The average molecular weight is 212 g/mol. The summed E-state index contributed by atoms with van der Waals surface area (Å²) in [7, 11) is 0. The molecule has 0 aliphatic rings. The van der Waals surface area contributed by atoms with Crippen molar-refractivity contribution in [1.82, 2.24) is 4.98 Å². The lowest BCUT2D eigenvalue weighted by molar-refractivity contribution is 0.282. The van der Waals surface area contributed by atoms with Gasteiger partial charge in [-0.05, 0) is 6.07 Å². The number of rotatable bonds is 1. The lowest BCUT2D eigenvalue weighted by Crippen LogP contribution is -1.88. The summed E-state index contributed by atoms with van der Waals surface area (Å²) in [6.07, 6.45) is 0. The predicted octanol–water partition coefficient (Wildman–Crippen LogP) is 2.53. The summed E-state index contributed by atoms with van der Waals surface area (Å²) in [5, 5.41) is 9.33. The fourth-order valence-corrected chi connectivity index (χ4v) is 1.26. The number of hydrogen-bond acceptors (Lipinski definition) is 2. The zero-order valence-corrected chi connectivity index (χ0v) is 7.58. The molecule has 0 amide bonds. The van der Waals surface area contributed by atoms with Crippen molar-refractivity contribution in [3.63, 3.8) is 0 Å². The van der Waals surface area contributed by atoms with Crippen LogP contribution in [0.1, 0.15) is 5.56 Å². The largest absolute Gasteiger partial charge is 0.392 e. The van der Waals surface area contributed by atoms with Gasteiger partial charge in [0.05, 0.1) is 11.6 Å². The van der Waals surface area contributed by atoms with E-state index < -0.39 is 0 Å². The van der Waals surface area contributed by atoms with Gasteiger partial charge in [0.1, 0.15) is 10.3 Å². The molecule has 1 rings (SSSR count). The number of aliphatic hydroxyl groups is 1. The lowest BCUT2D eigenvalue weighted by atomic mass is 10.3. The van der Waals surface area contributed by atoms with Crippen molar-refractivity contribution in [3.8, 4) is 0 Å². The molecule has 0 aliphatic heterocycles. The number of nitrogens with zero attached hydrogens (tertiary/aromatic N) is 1.